The molecule has 0 amide bonds. The van der Waals surface area contributed by atoms with Crippen LogP contribution in [0.3, 0.4) is 0 Å². The maximum atomic E-state index is 12.0. The van der Waals surface area contributed by atoms with Crippen LogP contribution in [0.5, 0.6) is 5.75 Å². The number of allylic oxidation sites excluding steroid dienone is 3. The Morgan fingerprint density at radius 3 is 2.14 bits per heavy atom. The van der Waals surface area contributed by atoms with Gasteiger partial charge in [0.25, 0.3) is 0 Å². The van der Waals surface area contributed by atoms with E-state index in [4.69, 9.17) is 4.74 Å². The van der Waals surface area contributed by atoms with Gasteiger partial charge < -0.3 is 4.74 Å². The van der Waals surface area contributed by atoms with Gasteiger partial charge in [-0.05, 0) is 29.2 Å². The number of ether oxygens (including phenoxy) is 1. The topological polar surface area (TPSA) is 43.4 Å². The first-order valence-electron chi connectivity index (χ1n) is 7.00. The summed E-state index contributed by atoms with van der Waals surface area (Å²) in [5.74, 6) is 0.677. The molecule has 1 aliphatic rings. The normalized spacial score (nSPS) is 18.1. The van der Waals surface area contributed by atoms with Gasteiger partial charge in [-0.25, -0.2) is 0 Å². The lowest BCUT2D eigenvalue weighted by Gasteiger charge is -2.28. The molecule has 0 aromatic heterocycles. The fraction of sp³-hybridized carbons (Fsp3) is 0.333. The van der Waals surface area contributed by atoms with Gasteiger partial charge >= 0.3 is 0 Å². The highest BCUT2D eigenvalue weighted by Crippen LogP contribution is 2.33. The Labute approximate surface area is 125 Å². The smallest absolute Gasteiger partial charge is 0.166 e. The predicted molar refractivity (Wildman–Crippen MR) is 83.1 cm³/mol. The van der Waals surface area contributed by atoms with Crippen LogP contribution in [-0.4, -0.2) is 18.7 Å². The number of rotatable bonds is 3. The third-order valence-electron chi connectivity index (χ3n) is 3.55. The molecule has 0 N–H and O–H groups in total. The molecule has 0 spiro atoms. The number of benzene rings is 1. The second-order valence-electron chi connectivity index (χ2n) is 6.08. The van der Waals surface area contributed by atoms with Crippen LogP contribution in [0, 0.1) is 5.41 Å². The van der Waals surface area contributed by atoms with Crippen LogP contribution >= 0.6 is 0 Å². The van der Waals surface area contributed by atoms with E-state index in [2.05, 4.69) is 0 Å². The van der Waals surface area contributed by atoms with Crippen molar-refractivity contribution in [3.63, 3.8) is 0 Å². The molecule has 110 valence electrons. The van der Waals surface area contributed by atoms with E-state index in [1.165, 1.54) is 0 Å². The number of hydrogen-bond acceptors (Lipinski definition) is 3. The van der Waals surface area contributed by atoms with Crippen LogP contribution in [0.15, 0.2) is 42.0 Å². The Kier molecular flexibility index (Phi) is 4.41. The van der Waals surface area contributed by atoms with E-state index in [1.807, 2.05) is 44.2 Å². The van der Waals surface area contributed by atoms with Crippen molar-refractivity contribution in [2.24, 2.45) is 5.41 Å². The molecule has 0 aliphatic heterocycles. The second-order valence-corrected chi connectivity index (χ2v) is 6.08. The monoisotopic (exact) mass is 284 g/mol. The van der Waals surface area contributed by atoms with Crippen LogP contribution in [0.4, 0.5) is 0 Å². The Morgan fingerprint density at radius 1 is 1.05 bits per heavy atom. The molecule has 1 aromatic carbocycles. The molecule has 3 heteroatoms. The Balaban J connectivity index is 2.11. The molecule has 1 fully saturated rings. The molecule has 0 bridgehead atoms. The summed E-state index contributed by atoms with van der Waals surface area (Å²) < 4.78 is 5.09. The van der Waals surface area contributed by atoms with Crippen molar-refractivity contribution in [3.05, 3.63) is 47.6 Å². The minimum Gasteiger partial charge on any atom is -0.497 e. The molecule has 0 saturated heterocycles. The van der Waals surface area contributed by atoms with Crippen molar-refractivity contribution >= 4 is 17.6 Å². The van der Waals surface area contributed by atoms with E-state index in [0.717, 1.165) is 11.3 Å². The van der Waals surface area contributed by atoms with Crippen LogP contribution < -0.4 is 4.74 Å². The van der Waals surface area contributed by atoms with Gasteiger partial charge in [-0.3, -0.25) is 9.59 Å². The van der Waals surface area contributed by atoms with Gasteiger partial charge in [-0.1, -0.05) is 38.1 Å². The summed E-state index contributed by atoms with van der Waals surface area (Å²) in [5.41, 5.74) is 1.09. The number of methoxy groups -OCH3 is 1. The lowest BCUT2D eigenvalue weighted by atomic mass is 9.74. The molecule has 0 atom stereocenters. The van der Waals surface area contributed by atoms with Gasteiger partial charge in [-0.2, -0.15) is 0 Å². The van der Waals surface area contributed by atoms with Crippen molar-refractivity contribution in [1.82, 2.24) is 0 Å². The molecule has 3 nitrogen and oxygen atoms in total. The van der Waals surface area contributed by atoms with Gasteiger partial charge in [0.05, 0.1) is 12.7 Å². The molecule has 2 rings (SSSR count). The van der Waals surface area contributed by atoms with Crippen molar-refractivity contribution in [2.45, 2.75) is 26.7 Å². The average molecular weight is 284 g/mol. The molecular formula is C18H20O3. The third kappa shape index (κ3) is 3.91. The molecule has 0 heterocycles. The van der Waals surface area contributed by atoms with E-state index in [1.54, 1.807) is 19.3 Å². The van der Waals surface area contributed by atoms with Crippen LogP contribution in [-0.2, 0) is 9.59 Å². The zero-order chi connectivity index (χ0) is 15.5. The minimum atomic E-state index is -0.217. The Hall–Kier alpha value is -2.16. The molecule has 1 aliphatic carbocycles. The molecule has 1 aromatic rings. The zero-order valence-corrected chi connectivity index (χ0v) is 12.7. The number of hydrogen-bond donors (Lipinski definition) is 0. The van der Waals surface area contributed by atoms with Gasteiger partial charge in [0.1, 0.15) is 5.75 Å². The first kappa shape index (κ1) is 15.2. The van der Waals surface area contributed by atoms with Crippen molar-refractivity contribution in [2.75, 3.05) is 7.11 Å². The summed E-state index contributed by atoms with van der Waals surface area (Å²) in [6.45, 7) is 3.90. The largest absolute Gasteiger partial charge is 0.497 e. The lowest BCUT2D eigenvalue weighted by molar-refractivity contribution is -0.127. The summed E-state index contributed by atoms with van der Waals surface area (Å²) in [4.78, 5) is 24.0. The minimum absolute atomic E-state index is 0.0596. The van der Waals surface area contributed by atoms with Gasteiger partial charge in [0.2, 0.25) is 0 Å². The van der Waals surface area contributed by atoms with E-state index in [9.17, 15) is 9.59 Å². The highest BCUT2D eigenvalue weighted by atomic mass is 16.5. The first-order valence-corrected chi connectivity index (χ1v) is 7.00. The summed E-state index contributed by atoms with van der Waals surface area (Å²) in [5, 5.41) is 0. The molecule has 0 radical (unpaired) electrons. The van der Waals surface area contributed by atoms with Crippen LogP contribution in [0.25, 0.3) is 6.08 Å². The predicted octanol–water partition coefficient (Wildman–Crippen LogP) is 3.59. The number of ketones is 2. The van der Waals surface area contributed by atoms with Crippen molar-refractivity contribution in [1.29, 1.82) is 0 Å². The maximum Gasteiger partial charge on any atom is 0.166 e. The van der Waals surface area contributed by atoms with Gasteiger partial charge in [-0.15, -0.1) is 0 Å². The quantitative estimate of drug-likeness (QED) is 0.629. The molecule has 1 saturated carbocycles. The van der Waals surface area contributed by atoms with Crippen LogP contribution in [0.1, 0.15) is 32.3 Å². The van der Waals surface area contributed by atoms with Crippen molar-refractivity contribution < 1.29 is 14.3 Å². The zero-order valence-electron chi connectivity index (χ0n) is 12.7. The summed E-state index contributed by atoms with van der Waals surface area (Å²) in [7, 11) is 1.62. The Bertz CT molecular complexity index is 582. The maximum absolute atomic E-state index is 12.0. The number of carbonyl (C=O) groups excluding carboxylic acids is 2. The summed E-state index contributed by atoms with van der Waals surface area (Å²) in [6.07, 6.45) is 6.12. The van der Waals surface area contributed by atoms with E-state index in [0.29, 0.717) is 18.4 Å². The van der Waals surface area contributed by atoms with E-state index >= 15 is 0 Å². The third-order valence-corrected chi connectivity index (χ3v) is 3.55. The lowest BCUT2D eigenvalue weighted by Crippen LogP contribution is -2.31. The second kappa shape index (κ2) is 6.08. The molecular weight excluding hydrogens is 264 g/mol. The Morgan fingerprint density at radius 2 is 1.62 bits per heavy atom. The number of carbonyl (C=O) groups is 2. The van der Waals surface area contributed by atoms with E-state index in [-0.39, 0.29) is 17.0 Å². The van der Waals surface area contributed by atoms with Crippen LogP contribution in [0.2, 0.25) is 0 Å². The van der Waals surface area contributed by atoms with Crippen molar-refractivity contribution in [3.8, 4) is 5.75 Å². The van der Waals surface area contributed by atoms with E-state index < -0.39 is 0 Å². The SMILES string of the molecule is COc1ccc(/C=C/C=C2C(=O)CC(C)(C)CC2=O)cc1. The number of Topliss-reactive ketones (excluding diaryl/α,β-unsaturated/α-hetero) is 2. The summed E-state index contributed by atoms with van der Waals surface area (Å²) >= 11 is 0. The molecule has 21 heavy (non-hydrogen) atoms. The fourth-order valence-electron chi connectivity index (χ4n) is 2.43. The standard InChI is InChI=1S/C18H20O3/c1-18(2)11-16(19)15(17(20)12-18)6-4-5-13-7-9-14(21-3)10-8-13/h4-10H,11-12H2,1-3H3/b5-4+. The molecule has 0 unspecified atom stereocenters. The average Bonchev–Trinajstić information content (AvgIpc) is 2.41. The summed E-state index contributed by atoms with van der Waals surface area (Å²) in [6, 6.07) is 7.57. The fourth-order valence-corrected chi connectivity index (χ4v) is 2.43. The highest BCUT2D eigenvalue weighted by Gasteiger charge is 2.34. The first-order chi connectivity index (χ1) is 9.91. The van der Waals surface area contributed by atoms with Gasteiger partial charge in [0.15, 0.2) is 11.6 Å². The van der Waals surface area contributed by atoms with Gasteiger partial charge in [0, 0.05) is 12.8 Å². The highest BCUT2D eigenvalue weighted by molar-refractivity contribution is 6.22.